The number of likely N-dealkylation sites (N-methyl/N-ethyl adjacent to an activating group) is 1. The van der Waals surface area contributed by atoms with E-state index in [2.05, 4.69) is 208 Å². The minimum Gasteiger partial charge on any atom is -0.390 e. The molecule has 0 aromatic carbocycles. The topological polar surface area (TPSA) is 344 Å². The van der Waals surface area contributed by atoms with E-state index < -0.39 is 59.4 Å². The van der Waals surface area contributed by atoms with Gasteiger partial charge in [0.25, 0.3) is 0 Å². The summed E-state index contributed by atoms with van der Waals surface area (Å²) in [7, 11) is -3.97. The Morgan fingerprint density at radius 3 is 0.903 bits per heavy atom. The van der Waals surface area contributed by atoms with Gasteiger partial charge in [0.2, 0.25) is 33.7 Å². The van der Waals surface area contributed by atoms with Crippen LogP contribution in [0.15, 0.2) is 6.33 Å². The van der Waals surface area contributed by atoms with Crippen LogP contribution in [0.1, 0.15) is 480 Å². The van der Waals surface area contributed by atoms with E-state index >= 15 is 0 Å². The molecule has 0 unspecified atom stereocenters. The Hall–Kier alpha value is -3.83. The number of sulfonamides is 1. The second-order valence-electron chi connectivity index (χ2n) is 56.4. The predicted molar refractivity (Wildman–Crippen MR) is 625 cm³/mol. The molecule has 1 aromatic rings. The van der Waals surface area contributed by atoms with E-state index in [1.807, 2.05) is 155 Å². The maximum atomic E-state index is 11.7. The SMILES string of the molecule is CC(=O)C(C)(C)C.CC(=O)NC(C)(C)C.CC(C)(C)C(=O)N1CCCCC1.CC(C)(C)C(C)(C)O.CC(C)(C)N1CCCC1=O.CC(C)(C)N1CCCCC1.CC(C)(C)NS(C)(=O)=O.CC(C)(C)OC(C)(C)C.CC(C)(C)S(C)(=O)=O.CC(C)OC(C)(C)C.CC(C)S(=O)(=O)C(C)(C)C.CCOC(C)(C)C.CCS(=O)(=O)C(C)(C)C.CN(C)C(=O)C(C)(C)C.CN1CCN(C(C)(C)C)CC1.Cn1ncnc1C(C)(C)C. The number of nitrogens with one attached hydrogen (secondary N) is 2. The van der Waals surface area contributed by atoms with E-state index in [9.17, 15) is 62.8 Å². The number of rotatable bonds is 5. The van der Waals surface area contributed by atoms with Gasteiger partial charge < -0.3 is 44.2 Å². The number of hydrogen-bond acceptors (Lipinski definition) is 22. The van der Waals surface area contributed by atoms with Crippen molar-refractivity contribution in [1.29, 1.82) is 0 Å². The van der Waals surface area contributed by atoms with Crippen LogP contribution >= 0.6 is 0 Å². The van der Waals surface area contributed by atoms with Crippen molar-refractivity contribution in [3.63, 3.8) is 0 Å². The molecule has 5 rings (SSSR count). The lowest BCUT2D eigenvalue weighted by atomic mass is 9.79. The Balaban J connectivity index is -0.000000147. The molecule has 0 saturated carbocycles. The van der Waals surface area contributed by atoms with Gasteiger partial charge in [0.15, 0.2) is 29.5 Å². The van der Waals surface area contributed by atoms with Crippen molar-refractivity contribution >= 4 is 68.9 Å². The van der Waals surface area contributed by atoms with E-state index in [4.69, 9.17) is 14.2 Å². The summed E-state index contributed by atoms with van der Waals surface area (Å²) in [5, 5.41) is 15.8. The average molecular weight is 2160 g/mol. The summed E-state index contributed by atoms with van der Waals surface area (Å²) in [5.74, 6) is 2.31. The molecule has 0 radical (unpaired) electrons. The molecule has 0 aliphatic carbocycles. The highest BCUT2D eigenvalue weighted by Crippen LogP contribution is 2.30. The van der Waals surface area contributed by atoms with Crippen molar-refractivity contribution in [2.75, 3.05) is 105 Å². The highest BCUT2D eigenvalue weighted by molar-refractivity contribution is 7.93. The van der Waals surface area contributed by atoms with Crippen molar-refractivity contribution in [3.05, 3.63) is 12.2 Å². The van der Waals surface area contributed by atoms with Crippen LogP contribution in [0.25, 0.3) is 0 Å². The maximum absolute atomic E-state index is 11.7. The van der Waals surface area contributed by atoms with Gasteiger partial charge in [-0.15, -0.1) is 0 Å². The fourth-order valence-electron chi connectivity index (χ4n) is 11.9. The number of aromatic nitrogens is 3. The first-order chi connectivity index (χ1) is 62.8. The molecule has 0 atom stereocenters. The number of ketones is 1. The third-order valence-electron chi connectivity index (χ3n) is 21.0. The highest BCUT2D eigenvalue weighted by Gasteiger charge is 2.35. The molecular weight excluding hydrogens is 1910 g/mol. The number of nitrogens with zero attached hydrogens (tertiary/aromatic N) is 9. The molecule has 3 N–H and O–H groups in total. The summed E-state index contributed by atoms with van der Waals surface area (Å²) in [4.78, 5) is 72.0. The summed E-state index contributed by atoms with van der Waals surface area (Å²) in [6.45, 7) is 130. The Morgan fingerprint density at radius 1 is 0.455 bits per heavy atom. The Morgan fingerprint density at radius 2 is 0.800 bits per heavy atom. The first kappa shape index (κ1) is 164. The molecule has 4 fully saturated rings. The van der Waals surface area contributed by atoms with Gasteiger partial charge in [-0.25, -0.2) is 43.4 Å². The number of sulfone groups is 3. The number of piperazine rings is 1. The fraction of sp³-hybridized carbons (Fsp3) is 0.938. The number of aryl methyl sites for hydroxylation is 1. The molecule has 4 aliphatic heterocycles. The molecule has 4 aliphatic rings. The minimum atomic E-state index is -3.03. The zero-order valence-corrected chi connectivity index (χ0v) is 111. The summed E-state index contributed by atoms with van der Waals surface area (Å²) in [5.41, 5.74) is -0.625. The number of Topliss-reactive ketones (excluding diaryl/α,β-unsaturated/α-hetero) is 1. The van der Waals surface area contributed by atoms with E-state index in [0.717, 1.165) is 51.2 Å². The zero-order valence-electron chi connectivity index (χ0n) is 108. The number of amides is 4. The van der Waals surface area contributed by atoms with Gasteiger partial charge in [-0.05, 0) is 369 Å². The van der Waals surface area contributed by atoms with E-state index in [1.165, 1.54) is 91.0 Å². The number of ether oxygens (including phenoxy) is 3. The van der Waals surface area contributed by atoms with Crippen molar-refractivity contribution in [2.24, 2.45) is 28.7 Å². The highest BCUT2D eigenvalue weighted by atomic mass is 32.2. The van der Waals surface area contributed by atoms with Gasteiger partial charge in [-0.1, -0.05) is 117 Å². The molecule has 0 spiro atoms. The van der Waals surface area contributed by atoms with Crippen LogP contribution in [0.5, 0.6) is 0 Å². The van der Waals surface area contributed by atoms with Crippen molar-refractivity contribution in [3.8, 4) is 0 Å². The van der Waals surface area contributed by atoms with Gasteiger partial charge in [-0.2, -0.15) is 5.10 Å². The second kappa shape index (κ2) is 67.8. The van der Waals surface area contributed by atoms with Crippen LogP contribution in [0.2, 0.25) is 0 Å². The quantitative estimate of drug-likeness (QED) is 0.246. The lowest BCUT2D eigenvalue weighted by molar-refractivity contribution is -0.140. The summed E-state index contributed by atoms with van der Waals surface area (Å²) in [6.07, 6.45) is 14.0. The van der Waals surface area contributed by atoms with Crippen LogP contribution in [0, 0.1) is 21.7 Å². The molecule has 145 heavy (non-hydrogen) atoms. The largest absolute Gasteiger partial charge is 0.390 e. The third kappa shape index (κ3) is 101. The standard InChI is InChI=1S/C10H19NO.C9H20N2.C9H19N.C8H15NO.C8H18O.C7H13N3.C7H15NO.C7H16O2S.2C7H16O.C6H13NO.C6H14O2S.C6H14O.C6H12O.C5H13NO2S.C5H12O2S/c1-10(2,3)9(12)11-7-5-4-6-8-11;1-9(2,3)11-7-5-10(4)6-8-11;1-9(2,3)10-7-5-4-6-8-10;1-8(2,3)9-6-4-5-7(9)10;1-7(2,3)9-8(4,5)6;1-7(2,3)6-8-5-9-10(6)4;1-7(2,3)6(9)8(4)5;1-6(2)10(8,9)7(3,4)5;1-6(2)8-7(3,4)5;1-6(2,3)7(4,5)8;1-5(8)7-6(2,3)4;1-5-9(7,8)6(2,3)4;1-5-7-6(2,3)4;1-5(7)6(2,3)4;1-5(2,3)6-9(4,7)8;1-5(2,3)8(4,6)7/h4-8H2,1-3H3;5-8H2,1-4H3;4-8H2,1-3H3;4-6H2,1-3H3;1-6H3;5H,1-4H3;1-5H3;6H,1-5H3;6H,1-5H3;8H,1-5H3;1-4H3,(H,7,8);5H2,1-4H3;5H2,1-4H3;1-4H3;6H,1-4H3;1-4H3. The van der Waals surface area contributed by atoms with E-state index in [1.54, 1.807) is 141 Å². The second-order valence-corrected chi connectivity index (χ2v) is 67.2. The number of carbonyl (C=O) groups is 5. The molecule has 4 amide bonds. The smallest absolute Gasteiger partial charge is 0.227 e. The predicted octanol–water partition coefficient (Wildman–Crippen LogP) is 24.0. The third-order valence-corrected chi connectivity index (χ3v) is 29.7. The normalized spacial score (nSPS) is 15.5. The number of hydrogen-bond donors (Lipinski definition) is 3. The van der Waals surface area contributed by atoms with Crippen LogP contribution in [0.4, 0.5) is 0 Å². The minimum absolute atomic E-state index is 0.00694. The van der Waals surface area contributed by atoms with Gasteiger partial charge >= 0.3 is 0 Å². The molecule has 28 nitrogen and oxygen atoms in total. The molecule has 5 heterocycles. The Bertz CT molecular complexity index is 4060. The van der Waals surface area contributed by atoms with Crippen LogP contribution in [-0.4, -0.2) is 299 Å². The monoisotopic (exact) mass is 2160 g/mol. The molecule has 1 aromatic heterocycles. The Kier molecular flexibility index (Phi) is 76.5. The lowest BCUT2D eigenvalue weighted by Gasteiger charge is -2.41. The van der Waals surface area contributed by atoms with E-state index in [0.29, 0.717) is 29.0 Å². The van der Waals surface area contributed by atoms with Gasteiger partial charge in [0, 0.05) is 148 Å². The molecular formula is C113H245N11O17S4. The first-order valence-corrected chi connectivity index (χ1v) is 59.8. The summed E-state index contributed by atoms with van der Waals surface area (Å²) < 4.78 is 106. The van der Waals surface area contributed by atoms with Crippen molar-refractivity contribution < 1.29 is 77.0 Å². The number of carbonyl (C=O) groups excluding carboxylic acids is 5. The van der Waals surface area contributed by atoms with Crippen molar-refractivity contribution in [2.45, 2.75) is 560 Å². The summed E-state index contributed by atoms with van der Waals surface area (Å²) >= 11 is 0. The summed E-state index contributed by atoms with van der Waals surface area (Å²) in [6, 6.07) is 0. The van der Waals surface area contributed by atoms with Gasteiger partial charge in [-0.3, -0.25) is 38.5 Å². The molecule has 878 valence electrons. The number of likely N-dealkylation sites (tertiary alicyclic amines) is 3. The molecule has 4 saturated heterocycles. The number of piperidine rings is 2. The van der Waals surface area contributed by atoms with Crippen LogP contribution < -0.4 is 10.0 Å². The van der Waals surface area contributed by atoms with Crippen molar-refractivity contribution in [1.82, 2.24) is 54.2 Å². The maximum Gasteiger partial charge on any atom is 0.227 e. The fourth-order valence-corrected chi connectivity index (χ4v) is 15.3. The molecule has 0 bridgehead atoms. The van der Waals surface area contributed by atoms with Crippen LogP contribution in [0.3, 0.4) is 0 Å². The molecule has 32 heteroatoms. The van der Waals surface area contributed by atoms with Crippen LogP contribution in [-0.2, 0) is 90.2 Å². The average Bonchev–Trinajstić information content (AvgIpc) is 1.59. The van der Waals surface area contributed by atoms with Gasteiger partial charge in [0.1, 0.15) is 17.9 Å². The zero-order chi connectivity index (χ0) is 120. The first-order valence-electron chi connectivity index (χ1n) is 52.8. The van der Waals surface area contributed by atoms with E-state index in [-0.39, 0.29) is 94.7 Å². The van der Waals surface area contributed by atoms with Gasteiger partial charge in [0.05, 0.1) is 59.9 Å². The Labute approximate surface area is 900 Å². The lowest BCUT2D eigenvalue weighted by Crippen LogP contribution is -2.52. The number of aliphatic hydroxyl groups is 1.